The van der Waals surface area contributed by atoms with Gasteiger partial charge in [0.05, 0.1) is 18.1 Å². The molecule has 142 valence electrons. The molecule has 2 aromatic heterocycles. The van der Waals surface area contributed by atoms with Crippen LogP contribution < -0.4 is 10.2 Å². The van der Waals surface area contributed by atoms with Crippen LogP contribution in [0.1, 0.15) is 52.4 Å². The summed E-state index contributed by atoms with van der Waals surface area (Å²) in [5.74, 6) is 1.22. The summed E-state index contributed by atoms with van der Waals surface area (Å²) >= 11 is 0. The number of hydrogen-bond acceptors (Lipinski definition) is 5. The van der Waals surface area contributed by atoms with Crippen molar-refractivity contribution in [3.8, 4) is 0 Å². The second kappa shape index (κ2) is 8.96. The average molecular weight is 358 g/mol. The first-order valence-electron chi connectivity index (χ1n) is 9.93. The van der Waals surface area contributed by atoms with Gasteiger partial charge in [0.25, 0.3) is 0 Å². The van der Waals surface area contributed by atoms with Gasteiger partial charge in [-0.15, -0.1) is 0 Å². The maximum atomic E-state index is 12.1. The molecule has 1 aliphatic rings. The second-order valence-electron chi connectivity index (χ2n) is 7.01. The summed E-state index contributed by atoms with van der Waals surface area (Å²) < 4.78 is 1.87. The molecular formula is C19H30N6O. The third-order valence-electron chi connectivity index (χ3n) is 5.30. The minimum atomic E-state index is 0.0985. The molecule has 3 rings (SSSR count). The Labute approximate surface area is 155 Å². The first-order chi connectivity index (χ1) is 12.7. The number of aromatic nitrogens is 4. The van der Waals surface area contributed by atoms with Gasteiger partial charge in [0.2, 0.25) is 5.91 Å². The van der Waals surface area contributed by atoms with Crippen LogP contribution in [0.4, 0.5) is 5.82 Å². The Balaban J connectivity index is 1.69. The Kier molecular flexibility index (Phi) is 6.41. The van der Waals surface area contributed by atoms with Gasteiger partial charge in [0.1, 0.15) is 12.1 Å². The van der Waals surface area contributed by atoms with E-state index < -0.39 is 0 Å². The molecule has 1 N–H and O–H groups in total. The lowest BCUT2D eigenvalue weighted by molar-refractivity contribution is -0.125. The minimum Gasteiger partial charge on any atom is -0.356 e. The van der Waals surface area contributed by atoms with Gasteiger partial charge < -0.3 is 10.2 Å². The number of nitrogens with zero attached hydrogens (tertiary/aromatic N) is 5. The van der Waals surface area contributed by atoms with Crippen LogP contribution in [0, 0.1) is 5.92 Å². The fourth-order valence-electron chi connectivity index (χ4n) is 3.67. The highest BCUT2D eigenvalue weighted by molar-refractivity contribution is 5.86. The van der Waals surface area contributed by atoms with Gasteiger partial charge in [-0.3, -0.25) is 4.79 Å². The predicted octanol–water partition coefficient (Wildman–Crippen LogP) is 2.76. The fraction of sp³-hybridized carbons (Fsp3) is 0.684. The molecule has 0 bridgehead atoms. The number of hydrogen-bond donors (Lipinski definition) is 1. The molecule has 0 radical (unpaired) electrons. The molecule has 26 heavy (non-hydrogen) atoms. The van der Waals surface area contributed by atoms with Crippen LogP contribution in [-0.4, -0.2) is 45.3 Å². The van der Waals surface area contributed by atoms with Gasteiger partial charge in [-0.1, -0.05) is 26.7 Å². The van der Waals surface area contributed by atoms with Crippen molar-refractivity contribution in [2.75, 3.05) is 24.5 Å². The van der Waals surface area contributed by atoms with E-state index in [1.165, 1.54) is 25.7 Å². The Morgan fingerprint density at radius 2 is 1.88 bits per heavy atom. The smallest absolute Gasteiger partial charge is 0.223 e. The maximum Gasteiger partial charge on any atom is 0.223 e. The molecule has 0 atom stereocenters. The van der Waals surface area contributed by atoms with E-state index in [4.69, 9.17) is 0 Å². The second-order valence-corrected chi connectivity index (χ2v) is 7.01. The minimum absolute atomic E-state index is 0.0985. The summed E-state index contributed by atoms with van der Waals surface area (Å²) in [6, 6.07) is 0. The lowest BCUT2D eigenvalue weighted by Gasteiger charge is -2.21. The lowest BCUT2D eigenvalue weighted by atomic mass is 10.0. The molecule has 0 aromatic carbocycles. The predicted molar refractivity (Wildman–Crippen MR) is 103 cm³/mol. The van der Waals surface area contributed by atoms with Crippen molar-refractivity contribution >= 4 is 22.8 Å². The van der Waals surface area contributed by atoms with Crippen molar-refractivity contribution in [3.05, 3.63) is 12.5 Å². The summed E-state index contributed by atoms with van der Waals surface area (Å²) in [6.45, 7) is 7.37. The molecule has 1 saturated heterocycles. The van der Waals surface area contributed by atoms with Crippen LogP contribution in [-0.2, 0) is 11.3 Å². The molecule has 2 aromatic rings. The van der Waals surface area contributed by atoms with Crippen molar-refractivity contribution in [1.29, 1.82) is 0 Å². The van der Waals surface area contributed by atoms with Crippen LogP contribution in [0.25, 0.3) is 11.0 Å². The van der Waals surface area contributed by atoms with E-state index >= 15 is 0 Å². The number of nitrogens with one attached hydrogen (secondary N) is 1. The fourth-order valence-corrected chi connectivity index (χ4v) is 3.67. The number of rotatable bonds is 7. The zero-order valence-corrected chi connectivity index (χ0v) is 15.9. The number of carbonyl (C=O) groups excluding carboxylic acids is 1. The van der Waals surface area contributed by atoms with Crippen LogP contribution >= 0.6 is 0 Å². The first-order valence-corrected chi connectivity index (χ1v) is 9.93. The van der Waals surface area contributed by atoms with Gasteiger partial charge in [-0.05, 0) is 25.7 Å². The highest BCUT2D eigenvalue weighted by atomic mass is 16.1. The molecular weight excluding hydrogens is 328 g/mol. The van der Waals surface area contributed by atoms with Crippen molar-refractivity contribution in [1.82, 2.24) is 25.1 Å². The SMILES string of the molecule is CCC(CC)C(=O)NCCn1ncc2c(N3CCCCCC3)ncnc21. The van der Waals surface area contributed by atoms with Gasteiger partial charge in [-0.25, -0.2) is 14.6 Å². The van der Waals surface area contributed by atoms with Crippen LogP contribution in [0.15, 0.2) is 12.5 Å². The molecule has 3 heterocycles. The molecule has 0 saturated carbocycles. The summed E-state index contributed by atoms with van der Waals surface area (Å²) in [6.07, 6.45) is 10.2. The van der Waals surface area contributed by atoms with Crippen molar-refractivity contribution in [3.63, 3.8) is 0 Å². The van der Waals surface area contributed by atoms with Crippen LogP contribution in [0.2, 0.25) is 0 Å². The monoisotopic (exact) mass is 358 g/mol. The Morgan fingerprint density at radius 3 is 2.58 bits per heavy atom. The number of fused-ring (bicyclic) bond motifs is 1. The highest BCUT2D eigenvalue weighted by Crippen LogP contribution is 2.25. The van der Waals surface area contributed by atoms with Gasteiger partial charge in [-0.2, -0.15) is 5.10 Å². The number of carbonyl (C=O) groups is 1. The Morgan fingerprint density at radius 1 is 1.15 bits per heavy atom. The molecule has 1 aliphatic heterocycles. The van der Waals surface area contributed by atoms with E-state index in [0.717, 1.165) is 42.8 Å². The van der Waals surface area contributed by atoms with Crippen molar-refractivity contribution in [2.24, 2.45) is 5.92 Å². The molecule has 0 aliphatic carbocycles. The van der Waals surface area contributed by atoms with E-state index in [1.54, 1.807) is 6.33 Å². The van der Waals surface area contributed by atoms with Crippen molar-refractivity contribution < 1.29 is 4.79 Å². The van der Waals surface area contributed by atoms with Gasteiger partial charge >= 0.3 is 0 Å². The maximum absolute atomic E-state index is 12.1. The Bertz CT molecular complexity index is 716. The van der Waals surface area contributed by atoms with E-state index in [-0.39, 0.29) is 11.8 Å². The molecule has 0 unspecified atom stereocenters. The summed E-state index contributed by atoms with van der Waals surface area (Å²) in [5, 5.41) is 8.51. The lowest BCUT2D eigenvalue weighted by Crippen LogP contribution is -2.32. The number of anilines is 1. The first kappa shape index (κ1) is 18.6. The average Bonchev–Trinajstić information content (AvgIpc) is 2.89. The zero-order chi connectivity index (χ0) is 18.4. The van der Waals surface area contributed by atoms with E-state index in [9.17, 15) is 4.79 Å². The molecule has 1 fully saturated rings. The normalized spacial score (nSPS) is 15.4. The quantitative estimate of drug-likeness (QED) is 0.824. The van der Waals surface area contributed by atoms with E-state index in [2.05, 4.69) is 39.1 Å². The topological polar surface area (TPSA) is 75.9 Å². The van der Waals surface area contributed by atoms with Crippen molar-refractivity contribution in [2.45, 2.75) is 58.9 Å². The third kappa shape index (κ3) is 4.14. The standard InChI is InChI=1S/C19H30N6O/c1-3-15(4-2)19(26)20-9-12-25-18-16(13-23-25)17(21-14-22-18)24-10-7-5-6-8-11-24/h13-15H,3-12H2,1-2H3,(H,20,26). The molecule has 1 amide bonds. The molecule has 7 heteroatoms. The van der Waals surface area contributed by atoms with E-state index in [0.29, 0.717) is 13.1 Å². The third-order valence-corrected chi connectivity index (χ3v) is 5.30. The van der Waals surface area contributed by atoms with Gasteiger partial charge in [0, 0.05) is 25.6 Å². The number of amides is 1. The Hall–Kier alpha value is -2.18. The highest BCUT2D eigenvalue weighted by Gasteiger charge is 2.17. The molecule has 0 spiro atoms. The van der Waals surface area contributed by atoms with Crippen LogP contribution in [0.3, 0.4) is 0 Å². The summed E-state index contributed by atoms with van der Waals surface area (Å²) in [7, 11) is 0. The van der Waals surface area contributed by atoms with Gasteiger partial charge in [0.15, 0.2) is 5.65 Å². The zero-order valence-electron chi connectivity index (χ0n) is 15.9. The largest absolute Gasteiger partial charge is 0.356 e. The van der Waals surface area contributed by atoms with Crippen LogP contribution in [0.5, 0.6) is 0 Å². The summed E-state index contributed by atoms with van der Waals surface area (Å²) in [5.41, 5.74) is 0.844. The van der Waals surface area contributed by atoms with E-state index in [1.807, 2.05) is 10.9 Å². The molecule has 7 nitrogen and oxygen atoms in total. The summed E-state index contributed by atoms with van der Waals surface area (Å²) in [4.78, 5) is 23.4.